The zero-order valence-corrected chi connectivity index (χ0v) is 13.4. The van der Waals surface area contributed by atoms with Gasteiger partial charge in [0.1, 0.15) is 5.75 Å². The predicted octanol–water partition coefficient (Wildman–Crippen LogP) is 4.67. The van der Waals surface area contributed by atoms with Gasteiger partial charge in [-0.1, -0.05) is 33.6 Å². The number of carbonyl (C=O) groups excluding carboxylic acids is 1. The van der Waals surface area contributed by atoms with Crippen LogP contribution in [0.4, 0.5) is 5.69 Å². The van der Waals surface area contributed by atoms with Crippen molar-refractivity contribution in [3.05, 3.63) is 57.0 Å². The number of hydrogen-bond donors (Lipinski definition) is 1. The molecule has 0 aliphatic heterocycles. The molecule has 0 heterocycles. The van der Waals surface area contributed by atoms with Gasteiger partial charge in [0.05, 0.1) is 12.1 Å². The third-order valence-corrected chi connectivity index (χ3v) is 4.08. The molecule has 2 aromatic rings. The van der Waals surface area contributed by atoms with E-state index in [0.717, 1.165) is 10.0 Å². The quantitative estimate of drug-likeness (QED) is 0.869. The number of benzene rings is 2. The van der Waals surface area contributed by atoms with Crippen molar-refractivity contribution in [3.8, 4) is 5.75 Å². The van der Waals surface area contributed by atoms with Crippen molar-refractivity contribution in [3.63, 3.8) is 0 Å². The van der Waals surface area contributed by atoms with Crippen LogP contribution < -0.4 is 10.1 Å². The molecule has 104 valence electrons. The first-order valence-electron chi connectivity index (χ1n) is 5.93. The fourth-order valence-electron chi connectivity index (χ4n) is 1.80. The van der Waals surface area contributed by atoms with Gasteiger partial charge in [-0.3, -0.25) is 4.79 Å². The number of amides is 1. The largest absolute Gasteiger partial charge is 0.495 e. The van der Waals surface area contributed by atoms with Crippen LogP contribution in [0.15, 0.2) is 40.9 Å². The number of ether oxygens (including phenoxy) is 1. The summed E-state index contributed by atoms with van der Waals surface area (Å²) in [5.74, 6) is 0.397. The lowest BCUT2D eigenvalue weighted by Gasteiger charge is -2.10. The van der Waals surface area contributed by atoms with E-state index in [1.165, 1.54) is 0 Å². The zero-order valence-electron chi connectivity index (χ0n) is 11.0. The Morgan fingerprint density at radius 3 is 2.70 bits per heavy atom. The fraction of sp³-hybridized carbons (Fsp3) is 0.133. The van der Waals surface area contributed by atoms with E-state index in [1.54, 1.807) is 31.4 Å². The van der Waals surface area contributed by atoms with Gasteiger partial charge in [-0.25, -0.2) is 0 Å². The second-order valence-electron chi connectivity index (χ2n) is 4.22. The molecule has 0 atom stereocenters. The van der Waals surface area contributed by atoms with Crippen LogP contribution in [0.2, 0.25) is 5.02 Å². The molecular formula is C15H13BrClNO2. The monoisotopic (exact) mass is 353 g/mol. The number of anilines is 1. The average Bonchev–Trinajstić information content (AvgIpc) is 2.42. The highest BCUT2D eigenvalue weighted by Gasteiger charge is 2.11. The molecule has 0 aromatic heterocycles. The Balaban J connectivity index is 2.24. The molecule has 0 radical (unpaired) electrons. The van der Waals surface area contributed by atoms with E-state index in [9.17, 15) is 4.79 Å². The lowest BCUT2D eigenvalue weighted by Crippen LogP contribution is -2.13. The topological polar surface area (TPSA) is 38.3 Å². The van der Waals surface area contributed by atoms with Gasteiger partial charge in [0.25, 0.3) is 5.91 Å². The summed E-state index contributed by atoms with van der Waals surface area (Å²) in [5, 5.41) is 3.27. The highest BCUT2D eigenvalue weighted by Crippen LogP contribution is 2.28. The van der Waals surface area contributed by atoms with Crippen molar-refractivity contribution in [2.75, 3.05) is 12.4 Å². The summed E-state index contributed by atoms with van der Waals surface area (Å²) >= 11 is 9.44. The molecule has 2 aromatic carbocycles. The second-order valence-corrected chi connectivity index (χ2v) is 5.48. The van der Waals surface area contributed by atoms with Crippen molar-refractivity contribution >= 4 is 39.1 Å². The van der Waals surface area contributed by atoms with Gasteiger partial charge >= 0.3 is 0 Å². The van der Waals surface area contributed by atoms with Crippen LogP contribution in [0.5, 0.6) is 5.75 Å². The molecule has 0 bridgehead atoms. The standard InChI is InChI=1S/C15H13BrClNO2/c1-9-11(4-3-5-12(9)16)15(19)18-10-6-7-14(20-2)13(17)8-10/h3-8H,1-2H3,(H,18,19). The van der Waals surface area contributed by atoms with E-state index in [4.69, 9.17) is 16.3 Å². The molecule has 5 heteroatoms. The summed E-state index contributed by atoms with van der Waals surface area (Å²) in [6.07, 6.45) is 0. The molecule has 0 saturated carbocycles. The van der Waals surface area contributed by atoms with E-state index in [2.05, 4.69) is 21.2 Å². The highest BCUT2D eigenvalue weighted by atomic mass is 79.9. The molecule has 1 N–H and O–H groups in total. The van der Waals surface area contributed by atoms with Crippen LogP contribution in [0.1, 0.15) is 15.9 Å². The molecule has 0 fully saturated rings. The Hall–Kier alpha value is -1.52. The molecule has 1 amide bonds. The maximum atomic E-state index is 12.2. The maximum Gasteiger partial charge on any atom is 0.255 e. The van der Waals surface area contributed by atoms with Crippen LogP contribution in [0.3, 0.4) is 0 Å². The Bertz CT molecular complexity index is 658. The Labute approximate surface area is 131 Å². The molecule has 20 heavy (non-hydrogen) atoms. The number of nitrogens with one attached hydrogen (secondary N) is 1. The molecule has 0 aliphatic rings. The molecule has 2 rings (SSSR count). The van der Waals surface area contributed by atoms with E-state index >= 15 is 0 Å². The van der Waals surface area contributed by atoms with Gasteiger partial charge in [0, 0.05) is 15.7 Å². The molecule has 0 saturated heterocycles. The van der Waals surface area contributed by atoms with Crippen molar-refractivity contribution in [1.29, 1.82) is 0 Å². The molecule has 0 unspecified atom stereocenters. The molecule has 3 nitrogen and oxygen atoms in total. The van der Waals surface area contributed by atoms with Crippen molar-refractivity contribution in [1.82, 2.24) is 0 Å². The molecule has 0 spiro atoms. The summed E-state index contributed by atoms with van der Waals surface area (Å²) in [7, 11) is 1.55. The minimum atomic E-state index is -0.176. The number of halogens is 2. The van der Waals surface area contributed by atoms with E-state index in [0.29, 0.717) is 22.0 Å². The number of carbonyl (C=O) groups is 1. The van der Waals surface area contributed by atoms with Gasteiger partial charge in [0.2, 0.25) is 0 Å². The lowest BCUT2D eigenvalue weighted by molar-refractivity contribution is 0.102. The second kappa shape index (κ2) is 6.29. The van der Waals surface area contributed by atoms with Crippen LogP contribution in [-0.4, -0.2) is 13.0 Å². The summed E-state index contributed by atoms with van der Waals surface area (Å²) in [5.41, 5.74) is 2.14. The first-order valence-corrected chi connectivity index (χ1v) is 7.10. The highest BCUT2D eigenvalue weighted by molar-refractivity contribution is 9.10. The van der Waals surface area contributed by atoms with Gasteiger partial charge in [-0.15, -0.1) is 0 Å². The Kier molecular flexibility index (Phi) is 4.68. The van der Waals surface area contributed by atoms with Crippen molar-refractivity contribution in [2.45, 2.75) is 6.92 Å². The summed E-state index contributed by atoms with van der Waals surface area (Å²) in [6.45, 7) is 1.89. The van der Waals surface area contributed by atoms with Crippen molar-refractivity contribution in [2.24, 2.45) is 0 Å². The average molecular weight is 355 g/mol. The number of hydrogen-bond acceptors (Lipinski definition) is 2. The van der Waals surface area contributed by atoms with Crippen LogP contribution in [0, 0.1) is 6.92 Å². The van der Waals surface area contributed by atoms with E-state index < -0.39 is 0 Å². The first kappa shape index (κ1) is 14.9. The third kappa shape index (κ3) is 3.14. The van der Waals surface area contributed by atoms with Gasteiger partial charge in [-0.05, 0) is 42.8 Å². The van der Waals surface area contributed by atoms with Crippen LogP contribution in [-0.2, 0) is 0 Å². The van der Waals surface area contributed by atoms with Gasteiger partial charge < -0.3 is 10.1 Å². The van der Waals surface area contributed by atoms with Crippen molar-refractivity contribution < 1.29 is 9.53 Å². The summed E-state index contributed by atoms with van der Waals surface area (Å²) < 4.78 is 5.97. The normalized spacial score (nSPS) is 10.2. The Morgan fingerprint density at radius 2 is 2.05 bits per heavy atom. The molecule has 0 aliphatic carbocycles. The smallest absolute Gasteiger partial charge is 0.255 e. The summed E-state index contributed by atoms with van der Waals surface area (Å²) in [6, 6.07) is 10.6. The number of rotatable bonds is 3. The van der Waals surface area contributed by atoms with Gasteiger partial charge in [-0.2, -0.15) is 0 Å². The SMILES string of the molecule is COc1ccc(NC(=O)c2cccc(Br)c2C)cc1Cl. The maximum absolute atomic E-state index is 12.2. The first-order chi connectivity index (χ1) is 9.52. The minimum absolute atomic E-state index is 0.176. The summed E-state index contributed by atoms with van der Waals surface area (Å²) in [4.78, 5) is 12.2. The van der Waals surface area contributed by atoms with Crippen LogP contribution >= 0.6 is 27.5 Å². The number of methoxy groups -OCH3 is 1. The van der Waals surface area contributed by atoms with Crippen LogP contribution in [0.25, 0.3) is 0 Å². The fourth-order valence-corrected chi connectivity index (χ4v) is 2.42. The minimum Gasteiger partial charge on any atom is -0.495 e. The predicted molar refractivity (Wildman–Crippen MR) is 84.8 cm³/mol. The van der Waals surface area contributed by atoms with Gasteiger partial charge in [0.15, 0.2) is 0 Å². The van der Waals surface area contributed by atoms with E-state index in [-0.39, 0.29) is 5.91 Å². The zero-order chi connectivity index (χ0) is 14.7. The third-order valence-electron chi connectivity index (χ3n) is 2.92. The lowest BCUT2D eigenvalue weighted by atomic mass is 10.1. The molecular weight excluding hydrogens is 342 g/mol. The Morgan fingerprint density at radius 1 is 1.30 bits per heavy atom. The van der Waals surface area contributed by atoms with E-state index in [1.807, 2.05) is 19.1 Å².